The van der Waals surface area contributed by atoms with Crippen LogP contribution in [0.2, 0.25) is 0 Å². The Kier molecular flexibility index (Phi) is 8.29. The number of halogens is 2. The van der Waals surface area contributed by atoms with Crippen molar-refractivity contribution in [3.05, 3.63) is 47.8 Å². The predicted molar refractivity (Wildman–Crippen MR) is 134 cm³/mol. The van der Waals surface area contributed by atoms with Crippen molar-refractivity contribution in [2.24, 2.45) is 16.3 Å². The molecule has 5 nitrogen and oxygen atoms in total. The molecule has 0 radical (unpaired) electrons. The molecule has 1 atom stereocenters. The number of carbonyl (C=O) groups excluding carboxylic acids is 1. The molecule has 1 aromatic heterocycles. The van der Waals surface area contributed by atoms with Crippen LogP contribution >= 0.6 is 0 Å². The molecule has 1 aliphatic rings. The summed E-state index contributed by atoms with van der Waals surface area (Å²) in [7, 11) is 0. The van der Waals surface area contributed by atoms with Crippen LogP contribution in [0.25, 0.3) is 11.1 Å². The van der Waals surface area contributed by atoms with Crippen LogP contribution < -0.4 is 4.74 Å². The number of aliphatic imine (C=N–C) groups is 1. The summed E-state index contributed by atoms with van der Waals surface area (Å²) in [5.74, 6) is 1.54. The van der Waals surface area contributed by atoms with Crippen LogP contribution in [0, 0.1) is 11.3 Å². The summed E-state index contributed by atoms with van der Waals surface area (Å²) in [4.78, 5) is 20.0. The van der Waals surface area contributed by atoms with Gasteiger partial charge in [-0.05, 0) is 92.8 Å². The predicted octanol–water partition coefficient (Wildman–Crippen LogP) is 8.00. The second kappa shape index (κ2) is 10.8. The number of hydrogen-bond acceptors (Lipinski definition) is 4. The summed E-state index contributed by atoms with van der Waals surface area (Å²) < 4.78 is 37.9. The zero-order chi connectivity index (χ0) is 25.8. The second-order valence-corrected chi connectivity index (χ2v) is 11.1. The molecule has 0 N–H and O–H groups in total. The first-order chi connectivity index (χ1) is 16.3. The SMILES string of the molecule is CC(C)C[C@](C)(C=NC(=O)OC(C)(C)C)COc1ccc(-c2ccnc(C(F)F)c2)cc1C1CC1. The molecule has 1 aromatic carbocycles. The molecular weight excluding hydrogens is 450 g/mol. The number of alkyl halides is 2. The van der Waals surface area contributed by atoms with Crippen molar-refractivity contribution in [3.63, 3.8) is 0 Å². The Morgan fingerprint density at radius 2 is 1.83 bits per heavy atom. The molecule has 1 amide bonds. The first kappa shape index (κ1) is 26.8. The maximum atomic E-state index is 13.1. The molecule has 1 aliphatic carbocycles. The highest BCUT2D eigenvalue weighted by Crippen LogP contribution is 2.46. The quantitative estimate of drug-likeness (QED) is 0.337. The number of nitrogens with zero attached hydrogens (tertiary/aromatic N) is 2. The van der Waals surface area contributed by atoms with Gasteiger partial charge in [0.05, 0.1) is 6.61 Å². The monoisotopic (exact) mass is 486 g/mol. The molecule has 0 bridgehead atoms. The number of ether oxygens (including phenoxy) is 2. The lowest BCUT2D eigenvalue weighted by atomic mass is 9.84. The van der Waals surface area contributed by atoms with E-state index in [1.807, 2.05) is 25.1 Å². The lowest BCUT2D eigenvalue weighted by Gasteiger charge is -2.28. The zero-order valence-electron chi connectivity index (χ0n) is 21.5. The molecule has 1 fully saturated rings. The van der Waals surface area contributed by atoms with Gasteiger partial charge in [-0.3, -0.25) is 4.98 Å². The van der Waals surface area contributed by atoms with Crippen LogP contribution in [0.3, 0.4) is 0 Å². The smallest absolute Gasteiger partial charge is 0.433 e. The molecule has 3 rings (SSSR count). The molecular formula is C28H36F2N2O3. The largest absolute Gasteiger partial charge is 0.492 e. The summed E-state index contributed by atoms with van der Waals surface area (Å²) in [6, 6.07) is 9.01. The Balaban J connectivity index is 1.81. The molecule has 2 aromatic rings. The molecule has 0 saturated heterocycles. The van der Waals surface area contributed by atoms with E-state index < -0.39 is 23.5 Å². The van der Waals surface area contributed by atoms with E-state index in [4.69, 9.17) is 9.47 Å². The number of benzene rings is 1. The Morgan fingerprint density at radius 1 is 1.14 bits per heavy atom. The van der Waals surface area contributed by atoms with E-state index in [0.29, 0.717) is 24.0 Å². The summed E-state index contributed by atoms with van der Waals surface area (Å²) >= 11 is 0. The lowest BCUT2D eigenvalue weighted by molar-refractivity contribution is 0.0602. The minimum atomic E-state index is -2.61. The van der Waals surface area contributed by atoms with Crippen molar-refractivity contribution in [2.45, 2.75) is 78.7 Å². The van der Waals surface area contributed by atoms with Crippen molar-refractivity contribution in [2.75, 3.05) is 6.61 Å². The molecule has 0 aliphatic heterocycles. The van der Waals surface area contributed by atoms with E-state index in [1.54, 1.807) is 33.1 Å². The lowest BCUT2D eigenvalue weighted by Crippen LogP contribution is -2.30. The number of pyridine rings is 1. The van der Waals surface area contributed by atoms with Gasteiger partial charge in [-0.2, -0.15) is 4.99 Å². The fourth-order valence-electron chi connectivity index (χ4n) is 4.14. The molecule has 35 heavy (non-hydrogen) atoms. The number of amides is 1. The van der Waals surface area contributed by atoms with E-state index >= 15 is 0 Å². The average Bonchev–Trinajstić information content (AvgIpc) is 3.60. The van der Waals surface area contributed by atoms with E-state index in [-0.39, 0.29) is 5.69 Å². The van der Waals surface area contributed by atoms with Gasteiger partial charge in [0.1, 0.15) is 17.0 Å². The highest BCUT2D eigenvalue weighted by atomic mass is 19.3. The molecule has 7 heteroatoms. The van der Waals surface area contributed by atoms with Gasteiger partial charge in [0.15, 0.2) is 0 Å². The normalized spacial score (nSPS) is 16.1. The third-order valence-corrected chi connectivity index (χ3v) is 5.67. The fraction of sp³-hybridized carbons (Fsp3) is 0.536. The van der Waals surface area contributed by atoms with Crippen LogP contribution in [0.1, 0.15) is 84.4 Å². The first-order valence-electron chi connectivity index (χ1n) is 12.1. The van der Waals surface area contributed by atoms with E-state index in [2.05, 4.69) is 23.8 Å². The van der Waals surface area contributed by atoms with Crippen LogP contribution in [-0.4, -0.2) is 29.5 Å². The number of carbonyl (C=O) groups is 1. The van der Waals surface area contributed by atoms with Crippen molar-refractivity contribution in [3.8, 4) is 16.9 Å². The van der Waals surface area contributed by atoms with Gasteiger partial charge < -0.3 is 9.47 Å². The highest BCUT2D eigenvalue weighted by Gasteiger charge is 2.30. The van der Waals surface area contributed by atoms with Crippen molar-refractivity contribution >= 4 is 12.3 Å². The van der Waals surface area contributed by atoms with Gasteiger partial charge in [-0.1, -0.05) is 26.8 Å². The second-order valence-electron chi connectivity index (χ2n) is 11.1. The van der Waals surface area contributed by atoms with Crippen molar-refractivity contribution in [1.82, 2.24) is 4.98 Å². The number of hydrogen-bond donors (Lipinski definition) is 0. The number of rotatable bonds is 9. The fourth-order valence-corrected chi connectivity index (χ4v) is 4.14. The van der Waals surface area contributed by atoms with Gasteiger partial charge >= 0.3 is 6.09 Å². The van der Waals surface area contributed by atoms with Gasteiger partial charge in [-0.15, -0.1) is 0 Å². The maximum absolute atomic E-state index is 13.1. The third kappa shape index (κ3) is 8.11. The maximum Gasteiger partial charge on any atom is 0.433 e. The topological polar surface area (TPSA) is 60.8 Å². The molecule has 0 spiro atoms. The van der Waals surface area contributed by atoms with Gasteiger partial charge in [-0.25, -0.2) is 13.6 Å². The van der Waals surface area contributed by atoms with E-state index in [0.717, 1.165) is 36.1 Å². The zero-order valence-corrected chi connectivity index (χ0v) is 21.5. The minimum absolute atomic E-state index is 0.232. The average molecular weight is 487 g/mol. The first-order valence-corrected chi connectivity index (χ1v) is 12.1. The molecule has 1 saturated carbocycles. The minimum Gasteiger partial charge on any atom is -0.492 e. The molecule has 0 unspecified atom stereocenters. The Hall–Kier alpha value is -2.83. The van der Waals surface area contributed by atoms with Crippen molar-refractivity contribution < 1.29 is 23.0 Å². The van der Waals surface area contributed by atoms with Crippen molar-refractivity contribution in [1.29, 1.82) is 0 Å². The van der Waals surface area contributed by atoms with Crippen LogP contribution in [-0.2, 0) is 4.74 Å². The Morgan fingerprint density at radius 3 is 2.43 bits per heavy atom. The van der Waals surface area contributed by atoms with Crippen LogP contribution in [0.4, 0.5) is 13.6 Å². The molecule has 190 valence electrons. The van der Waals surface area contributed by atoms with Crippen LogP contribution in [0.5, 0.6) is 5.75 Å². The van der Waals surface area contributed by atoms with Crippen LogP contribution in [0.15, 0.2) is 41.5 Å². The van der Waals surface area contributed by atoms with Gasteiger partial charge in [0.25, 0.3) is 6.43 Å². The Bertz CT molecular complexity index is 1060. The summed E-state index contributed by atoms with van der Waals surface area (Å²) in [5, 5.41) is 0. The van der Waals surface area contributed by atoms with E-state index in [1.165, 1.54) is 12.3 Å². The third-order valence-electron chi connectivity index (χ3n) is 5.67. The van der Waals surface area contributed by atoms with Gasteiger partial charge in [0, 0.05) is 17.8 Å². The standard InChI is InChI=1S/C28H36F2N2O3/c1-18(2)15-28(6,16-32-26(33)35-27(3,4)5)17-34-24-10-9-20(13-22(24)19-7-8-19)21-11-12-31-23(14-21)25(29)30/h9-14,16,18-19,25H,7-8,15,17H2,1-6H3/t28-/m1/s1. The highest BCUT2D eigenvalue weighted by molar-refractivity contribution is 5.82. The Labute approximate surface area is 207 Å². The summed E-state index contributed by atoms with van der Waals surface area (Å²) in [6.07, 6.45) is 2.76. The van der Waals surface area contributed by atoms with Gasteiger partial charge in [0.2, 0.25) is 0 Å². The summed E-state index contributed by atoms with van der Waals surface area (Å²) in [6.45, 7) is 12.0. The summed E-state index contributed by atoms with van der Waals surface area (Å²) in [5.41, 5.74) is 1.34. The van der Waals surface area contributed by atoms with E-state index in [9.17, 15) is 13.6 Å². The molecule has 1 heterocycles. The number of aromatic nitrogens is 1.